The lowest BCUT2D eigenvalue weighted by molar-refractivity contribution is -0.152. The van der Waals surface area contributed by atoms with E-state index in [1.807, 2.05) is 0 Å². The quantitative estimate of drug-likeness (QED) is 0.678. The highest BCUT2D eigenvalue weighted by Crippen LogP contribution is 2.46. The summed E-state index contributed by atoms with van der Waals surface area (Å²) in [4.78, 5) is 0. The molecule has 0 aromatic heterocycles. The van der Waals surface area contributed by atoms with Gasteiger partial charge in [-0.15, -0.1) is 0 Å². The van der Waals surface area contributed by atoms with Crippen LogP contribution in [0.2, 0.25) is 0 Å². The first-order valence-electron chi connectivity index (χ1n) is 6.96. The highest BCUT2D eigenvalue weighted by molar-refractivity contribution is 5.05. The summed E-state index contributed by atoms with van der Waals surface area (Å²) in [6, 6.07) is 0.653. The Morgan fingerprint density at radius 1 is 1.28 bits per heavy atom. The maximum absolute atomic E-state index is 5.81. The molecule has 1 saturated carbocycles. The van der Waals surface area contributed by atoms with Crippen LogP contribution in [0, 0.1) is 5.41 Å². The Morgan fingerprint density at radius 2 is 1.89 bits per heavy atom. The van der Waals surface area contributed by atoms with E-state index in [1.54, 1.807) is 14.2 Å². The SMILES string of the molecule is CCOC1CC(NC(C)C(OC)OC)C1(C)CC. The van der Waals surface area contributed by atoms with Crippen molar-refractivity contribution in [3.05, 3.63) is 0 Å². The zero-order valence-electron chi connectivity index (χ0n) is 12.7. The van der Waals surface area contributed by atoms with Crippen molar-refractivity contribution in [1.29, 1.82) is 0 Å². The van der Waals surface area contributed by atoms with Gasteiger partial charge in [0.1, 0.15) is 0 Å². The van der Waals surface area contributed by atoms with Gasteiger partial charge >= 0.3 is 0 Å². The van der Waals surface area contributed by atoms with Gasteiger partial charge in [-0.2, -0.15) is 0 Å². The van der Waals surface area contributed by atoms with Gasteiger partial charge in [0.15, 0.2) is 6.29 Å². The lowest BCUT2D eigenvalue weighted by Gasteiger charge is -2.54. The van der Waals surface area contributed by atoms with Gasteiger partial charge in [-0.3, -0.25) is 0 Å². The van der Waals surface area contributed by atoms with Crippen molar-refractivity contribution in [3.8, 4) is 0 Å². The Labute approximate surface area is 111 Å². The third kappa shape index (κ3) is 3.05. The van der Waals surface area contributed by atoms with Crippen LogP contribution in [-0.2, 0) is 14.2 Å². The summed E-state index contributed by atoms with van der Waals surface area (Å²) < 4.78 is 16.4. The van der Waals surface area contributed by atoms with Crippen LogP contribution in [0.15, 0.2) is 0 Å². The Kier molecular flexibility index (Phi) is 6.05. The number of rotatable bonds is 8. The van der Waals surface area contributed by atoms with Crippen molar-refractivity contribution < 1.29 is 14.2 Å². The van der Waals surface area contributed by atoms with Gasteiger partial charge in [-0.1, -0.05) is 13.8 Å². The van der Waals surface area contributed by atoms with Crippen LogP contribution in [0.5, 0.6) is 0 Å². The topological polar surface area (TPSA) is 39.7 Å². The molecule has 0 spiro atoms. The van der Waals surface area contributed by atoms with Crippen LogP contribution in [0.25, 0.3) is 0 Å². The smallest absolute Gasteiger partial charge is 0.171 e. The maximum atomic E-state index is 5.81. The Hall–Kier alpha value is -0.160. The van der Waals surface area contributed by atoms with Crippen LogP contribution in [0.1, 0.15) is 40.5 Å². The minimum atomic E-state index is -0.197. The molecule has 0 aliphatic heterocycles. The molecule has 4 atom stereocenters. The second-order valence-electron chi connectivity index (χ2n) is 5.39. The zero-order valence-corrected chi connectivity index (χ0v) is 12.7. The van der Waals surface area contributed by atoms with Crippen molar-refractivity contribution in [2.24, 2.45) is 5.41 Å². The number of ether oxygens (including phenoxy) is 3. The highest BCUT2D eigenvalue weighted by Gasteiger charge is 2.51. The van der Waals surface area contributed by atoms with E-state index in [4.69, 9.17) is 14.2 Å². The minimum Gasteiger partial charge on any atom is -0.378 e. The molecular formula is C14H29NO3. The molecule has 0 bridgehead atoms. The van der Waals surface area contributed by atoms with Gasteiger partial charge in [0, 0.05) is 32.3 Å². The second kappa shape index (κ2) is 6.85. The Balaban J connectivity index is 2.53. The fourth-order valence-electron chi connectivity index (χ4n) is 2.91. The number of hydrogen-bond donors (Lipinski definition) is 1. The van der Waals surface area contributed by atoms with E-state index >= 15 is 0 Å². The monoisotopic (exact) mass is 259 g/mol. The fourth-order valence-corrected chi connectivity index (χ4v) is 2.91. The molecule has 0 heterocycles. The molecule has 0 aromatic rings. The number of nitrogens with one attached hydrogen (secondary N) is 1. The van der Waals surface area contributed by atoms with Crippen molar-refractivity contribution >= 4 is 0 Å². The molecule has 4 heteroatoms. The molecule has 108 valence electrons. The number of methoxy groups -OCH3 is 2. The van der Waals surface area contributed by atoms with Crippen molar-refractivity contribution in [3.63, 3.8) is 0 Å². The van der Waals surface area contributed by atoms with Gasteiger partial charge in [0.05, 0.1) is 12.1 Å². The molecule has 1 rings (SSSR count). The lowest BCUT2D eigenvalue weighted by atomic mass is 9.61. The van der Waals surface area contributed by atoms with Gasteiger partial charge in [-0.25, -0.2) is 0 Å². The zero-order chi connectivity index (χ0) is 13.8. The standard InChI is InChI=1S/C14H29NO3/c1-7-14(4)11(9-12(14)18-8-2)15-10(3)13(16-5)17-6/h10-13,15H,7-9H2,1-6H3. The normalized spacial score (nSPS) is 33.5. The molecule has 1 N–H and O–H groups in total. The van der Waals surface area contributed by atoms with Gasteiger partial charge in [-0.05, 0) is 26.7 Å². The van der Waals surface area contributed by atoms with E-state index in [0.29, 0.717) is 12.1 Å². The Morgan fingerprint density at radius 3 is 2.33 bits per heavy atom. The first-order valence-corrected chi connectivity index (χ1v) is 6.96. The summed E-state index contributed by atoms with van der Waals surface area (Å²) in [6.45, 7) is 9.48. The van der Waals surface area contributed by atoms with E-state index in [-0.39, 0.29) is 17.7 Å². The molecule has 4 unspecified atom stereocenters. The summed E-state index contributed by atoms with van der Waals surface area (Å²) in [5.41, 5.74) is 0.219. The average molecular weight is 259 g/mol. The molecule has 0 radical (unpaired) electrons. The summed E-state index contributed by atoms with van der Waals surface area (Å²) in [6.07, 6.45) is 2.37. The van der Waals surface area contributed by atoms with E-state index in [0.717, 1.165) is 19.4 Å². The van der Waals surface area contributed by atoms with Crippen LogP contribution >= 0.6 is 0 Å². The second-order valence-corrected chi connectivity index (χ2v) is 5.39. The molecule has 0 saturated heterocycles. The third-order valence-electron chi connectivity index (χ3n) is 4.45. The van der Waals surface area contributed by atoms with Gasteiger partial charge in [0.2, 0.25) is 0 Å². The van der Waals surface area contributed by atoms with E-state index in [9.17, 15) is 0 Å². The Bertz CT molecular complexity index is 245. The first-order chi connectivity index (χ1) is 8.53. The van der Waals surface area contributed by atoms with E-state index in [1.165, 1.54) is 0 Å². The van der Waals surface area contributed by atoms with Gasteiger partial charge < -0.3 is 19.5 Å². The van der Waals surface area contributed by atoms with Crippen LogP contribution in [-0.4, -0.2) is 45.3 Å². The average Bonchev–Trinajstić information content (AvgIpc) is 2.38. The minimum absolute atomic E-state index is 0.179. The van der Waals surface area contributed by atoms with Gasteiger partial charge in [0.25, 0.3) is 0 Å². The predicted molar refractivity (Wildman–Crippen MR) is 72.6 cm³/mol. The lowest BCUT2D eigenvalue weighted by Crippen LogP contribution is -2.64. The van der Waals surface area contributed by atoms with E-state index < -0.39 is 0 Å². The largest absolute Gasteiger partial charge is 0.378 e. The third-order valence-corrected chi connectivity index (χ3v) is 4.45. The molecule has 1 fully saturated rings. The molecule has 1 aliphatic carbocycles. The molecule has 1 aliphatic rings. The molecule has 0 amide bonds. The predicted octanol–water partition coefficient (Wildman–Crippen LogP) is 2.18. The highest BCUT2D eigenvalue weighted by atomic mass is 16.7. The molecular weight excluding hydrogens is 230 g/mol. The summed E-state index contributed by atoms with van der Waals surface area (Å²) in [5, 5.41) is 3.62. The first kappa shape index (κ1) is 15.9. The summed E-state index contributed by atoms with van der Waals surface area (Å²) in [7, 11) is 3.35. The molecule has 4 nitrogen and oxygen atoms in total. The summed E-state index contributed by atoms with van der Waals surface area (Å²) in [5.74, 6) is 0. The van der Waals surface area contributed by atoms with Crippen molar-refractivity contribution in [1.82, 2.24) is 5.32 Å². The number of hydrogen-bond acceptors (Lipinski definition) is 4. The fraction of sp³-hybridized carbons (Fsp3) is 1.00. The van der Waals surface area contributed by atoms with Crippen molar-refractivity contribution in [2.75, 3.05) is 20.8 Å². The molecule has 18 heavy (non-hydrogen) atoms. The van der Waals surface area contributed by atoms with E-state index in [2.05, 4.69) is 33.0 Å². The summed E-state index contributed by atoms with van der Waals surface area (Å²) >= 11 is 0. The van der Waals surface area contributed by atoms with Crippen LogP contribution in [0.3, 0.4) is 0 Å². The van der Waals surface area contributed by atoms with Crippen LogP contribution < -0.4 is 5.32 Å². The van der Waals surface area contributed by atoms with Crippen molar-refractivity contribution in [2.45, 2.75) is 65.0 Å². The van der Waals surface area contributed by atoms with Crippen LogP contribution in [0.4, 0.5) is 0 Å². The molecule has 0 aromatic carbocycles. The maximum Gasteiger partial charge on any atom is 0.171 e.